The maximum atomic E-state index is 12.0. The minimum atomic E-state index is -0.520. The van der Waals surface area contributed by atoms with Crippen molar-refractivity contribution in [2.24, 2.45) is 5.92 Å². The van der Waals surface area contributed by atoms with Gasteiger partial charge in [-0.1, -0.05) is 11.6 Å². The Morgan fingerprint density at radius 3 is 2.95 bits per heavy atom. The second-order valence-corrected chi connectivity index (χ2v) is 4.86. The van der Waals surface area contributed by atoms with Crippen molar-refractivity contribution in [2.45, 2.75) is 12.8 Å². The molecule has 1 aromatic carbocycles. The molecule has 1 aliphatic heterocycles. The summed E-state index contributed by atoms with van der Waals surface area (Å²) in [5.41, 5.74) is 0.188. The van der Waals surface area contributed by atoms with E-state index in [9.17, 15) is 14.9 Å². The van der Waals surface area contributed by atoms with E-state index in [2.05, 4.69) is 10.6 Å². The molecule has 1 amide bonds. The smallest absolute Gasteiger partial charge is 0.271 e. The molecule has 0 bridgehead atoms. The summed E-state index contributed by atoms with van der Waals surface area (Å²) < 4.78 is 0. The van der Waals surface area contributed by atoms with Gasteiger partial charge in [-0.2, -0.15) is 0 Å². The number of anilines is 1. The average Bonchev–Trinajstić information content (AvgIpc) is 2.42. The summed E-state index contributed by atoms with van der Waals surface area (Å²) in [6, 6.07) is 3.99. The number of nitrogens with one attached hydrogen (secondary N) is 2. The maximum Gasteiger partial charge on any atom is 0.271 e. The number of amides is 1. The largest absolute Gasteiger partial charge is 0.324 e. The van der Waals surface area contributed by atoms with Crippen LogP contribution in [-0.2, 0) is 4.79 Å². The highest BCUT2D eigenvalue weighted by Crippen LogP contribution is 2.27. The lowest BCUT2D eigenvalue weighted by atomic mass is 9.99. The zero-order valence-electron chi connectivity index (χ0n) is 10.2. The van der Waals surface area contributed by atoms with Crippen molar-refractivity contribution in [3.63, 3.8) is 0 Å². The second-order valence-electron chi connectivity index (χ2n) is 4.45. The van der Waals surface area contributed by atoms with E-state index in [0.717, 1.165) is 19.4 Å². The van der Waals surface area contributed by atoms with Crippen LogP contribution in [0.4, 0.5) is 11.4 Å². The molecule has 2 N–H and O–H groups in total. The molecule has 1 atom stereocenters. The minimum Gasteiger partial charge on any atom is -0.324 e. The first-order chi connectivity index (χ1) is 9.08. The first-order valence-corrected chi connectivity index (χ1v) is 6.41. The molecule has 0 radical (unpaired) electrons. The summed E-state index contributed by atoms with van der Waals surface area (Å²) in [6.45, 7) is 1.54. The summed E-state index contributed by atoms with van der Waals surface area (Å²) in [6.07, 6.45) is 1.76. The van der Waals surface area contributed by atoms with Crippen molar-refractivity contribution in [3.8, 4) is 0 Å². The monoisotopic (exact) mass is 283 g/mol. The fourth-order valence-corrected chi connectivity index (χ4v) is 2.20. The lowest BCUT2D eigenvalue weighted by Crippen LogP contribution is -2.37. The Morgan fingerprint density at radius 2 is 2.32 bits per heavy atom. The Morgan fingerprint density at radius 1 is 1.53 bits per heavy atom. The number of hydrogen-bond donors (Lipinski definition) is 2. The molecule has 6 nitrogen and oxygen atoms in total. The standard InChI is InChI=1S/C12H14ClN3O3/c13-10-4-3-9(16(18)19)6-11(10)15-12(17)8-2-1-5-14-7-8/h3-4,6,8,14H,1-2,5,7H2,(H,15,17)/t8-/m1/s1. The summed E-state index contributed by atoms with van der Waals surface area (Å²) in [4.78, 5) is 22.2. The molecule has 0 spiro atoms. The van der Waals surface area contributed by atoms with Crippen LogP contribution in [-0.4, -0.2) is 23.9 Å². The number of piperidine rings is 1. The van der Waals surface area contributed by atoms with E-state index in [1.54, 1.807) is 0 Å². The van der Waals surface area contributed by atoms with Gasteiger partial charge >= 0.3 is 0 Å². The van der Waals surface area contributed by atoms with Crippen LogP contribution >= 0.6 is 11.6 Å². The van der Waals surface area contributed by atoms with Gasteiger partial charge in [0, 0.05) is 18.7 Å². The van der Waals surface area contributed by atoms with Crippen LogP contribution in [0.3, 0.4) is 0 Å². The highest BCUT2D eigenvalue weighted by Gasteiger charge is 2.22. The number of nitro benzene ring substituents is 1. The van der Waals surface area contributed by atoms with Gasteiger partial charge in [-0.15, -0.1) is 0 Å². The second kappa shape index (κ2) is 5.99. The SMILES string of the molecule is O=C(Nc1cc([N+](=O)[O-])ccc1Cl)[C@@H]1CCCNC1. The van der Waals surface area contributed by atoms with Gasteiger partial charge in [0.05, 0.1) is 21.6 Å². The van der Waals surface area contributed by atoms with Crippen molar-refractivity contribution in [2.75, 3.05) is 18.4 Å². The van der Waals surface area contributed by atoms with Crippen LogP contribution in [0.15, 0.2) is 18.2 Å². The highest BCUT2D eigenvalue weighted by molar-refractivity contribution is 6.33. The number of rotatable bonds is 3. The number of nitrogens with zero attached hydrogens (tertiary/aromatic N) is 1. The van der Waals surface area contributed by atoms with Crippen molar-refractivity contribution in [1.29, 1.82) is 0 Å². The number of halogens is 1. The van der Waals surface area contributed by atoms with Crippen molar-refractivity contribution in [3.05, 3.63) is 33.3 Å². The third-order valence-electron chi connectivity index (χ3n) is 3.09. The van der Waals surface area contributed by atoms with E-state index in [1.807, 2.05) is 0 Å². The van der Waals surface area contributed by atoms with E-state index in [-0.39, 0.29) is 23.2 Å². The van der Waals surface area contributed by atoms with Gasteiger partial charge in [-0.25, -0.2) is 0 Å². The van der Waals surface area contributed by atoms with Crippen LogP contribution in [0, 0.1) is 16.0 Å². The number of benzene rings is 1. The normalized spacial score (nSPS) is 18.9. The number of non-ortho nitro benzene ring substituents is 1. The van der Waals surface area contributed by atoms with E-state index in [4.69, 9.17) is 11.6 Å². The van der Waals surface area contributed by atoms with Gasteiger partial charge in [0.25, 0.3) is 5.69 Å². The predicted octanol–water partition coefficient (Wildman–Crippen LogP) is 2.19. The molecule has 1 aliphatic rings. The summed E-state index contributed by atoms with van der Waals surface area (Å²) in [5.74, 6) is -0.279. The molecule has 2 rings (SSSR count). The van der Waals surface area contributed by atoms with Gasteiger partial charge < -0.3 is 10.6 Å². The van der Waals surface area contributed by atoms with E-state index in [0.29, 0.717) is 11.6 Å². The molecule has 1 aromatic rings. The quantitative estimate of drug-likeness (QED) is 0.658. The highest BCUT2D eigenvalue weighted by atomic mass is 35.5. The zero-order chi connectivity index (χ0) is 13.8. The van der Waals surface area contributed by atoms with Crippen LogP contribution in [0.5, 0.6) is 0 Å². The van der Waals surface area contributed by atoms with E-state index >= 15 is 0 Å². The molecule has 1 fully saturated rings. The molecular weight excluding hydrogens is 270 g/mol. The van der Waals surface area contributed by atoms with E-state index < -0.39 is 4.92 Å². The molecular formula is C12H14ClN3O3. The molecule has 0 unspecified atom stereocenters. The fourth-order valence-electron chi connectivity index (χ4n) is 2.03. The predicted molar refractivity (Wildman–Crippen MR) is 72.3 cm³/mol. The molecule has 19 heavy (non-hydrogen) atoms. The van der Waals surface area contributed by atoms with Crippen LogP contribution in [0.2, 0.25) is 5.02 Å². The Labute approximate surface area is 115 Å². The fraction of sp³-hybridized carbons (Fsp3) is 0.417. The molecule has 1 heterocycles. The van der Waals surface area contributed by atoms with E-state index in [1.165, 1.54) is 18.2 Å². The Hall–Kier alpha value is -1.66. The van der Waals surface area contributed by atoms with Crippen molar-refractivity contribution < 1.29 is 9.72 Å². The number of carbonyl (C=O) groups excluding carboxylic acids is 1. The third kappa shape index (κ3) is 3.42. The van der Waals surface area contributed by atoms with Crippen molar-refractivity contribution in [1.82, 2.24) is 5.32 Å². The Balaban J connectivity index is 2.11. The topological polar surface area (TPSA) is 84.3 Å². The molecule has 7 heteroatoms. The molecule has 1 saturated heterocycles. The van der Waals surface area contributed by atoms with Gasteiger partial charge in [0.2, 0.25) is 5.91 Å². The van der Waals surface area contributed by atoms with Crippen molar-refractivity contribution >= 4 is 28.9 Å². The Bertz CT molecular complexity index is 501. The summed E-state index contributed by atoms with van der Waals surface area (Å²) in [5, 5.41) is 16.8. The Kier molecular flexibility index (Phi) is 4.34. The lowest BCUT2D eigenvalue weighted by molar-refractivity contribution is -0.384. The number of hydrogen-bond acceptors (Lipinski definition) is 4. The molecule has 102 valence electrons. The van der Waals surface area contributed by atoms with Gasteiger partial charge in [0.15, 0.2) is 0 Å². The van der Waals surface area contributed by atoms with Gasteiger partial charge in [-0.3, -0.25) is 14.9 Å². The van der Waals surface area contributed by atoms with Crippen LogP contribution in [0.1, 0.15) is 12.8 Å². The molecule has 0 aromatic heterocycles. The average molecular weight is 284 g/mol. The number of nitro groups is 1. The van der Waals surface area contributed by atoms with Gasteiger partial charge in [-0.05, 0) is 25.5 Å². The van der Waals surface area contributed by atoms with Gasteiger partial charge in [0.1, 0.15) is 0 Å². The first-order valence-electron chi connectivity index (χ1n) is 6.03. The minimum absolute atomic E-state index is 0.0959. The third-order valence-corrected chi connectivity index (χ3v) is 3.42. The first kappa shape index (κ1) is 13.8. The van der Waals surface area contributed by atoms with Crippen LogP contribution < -0.4 is 10.6 Å². The summed E-state index contributed by atoms with van der Waals surface area (Å²) >= 11 is 5.93. The zero-order valence-corrected chi connectivity index (χ0v) is 10.9. The summed E-state index contributed by atoms with van der Waals surface area (Å²) in [7, 11) is 0. The molecule has 0 aliphatic carbocycles. The molecule has 0 saturated carbocycles. The number of carbonyl (C=O) groups is 1. The van der Waals surface area contributed by atoms with Crippen LogP contribution in [0.25, 0.3) is 0 Å². The maximum absolute atomic E-state index is 12.0. The lowest BCUT2D eigenvalue weighted by Gasteiger charge is -2.22.